The smallest absolute Gasteiger partial charge is 0.273 e. The second-order valence-electron chi connectivity index (χ2n) is 6.02. The number of halogens is 1. The minimum absolute atomic E-state index is 0.0654. The molecular weight excluding hydrogens is 327 g/mol. The molecule has 1 aliphatic carbocycles. The Hall–Kier alpha value is -2.61. The molecule has 1 amide bonds. The number of ether oxygens (including phenoxy) is 2. The Balaban J connectivity index is 1.60. The van der Waals surface area contributed by atoms with Crippen LogP contribution in [0.15, 0.2) is 36.9 Å². The van der Waals surface area contributed by atoms with Crippen LogP contribution in [-0.4, -0.2) is 57.2 Å². The molecule has 8 heteroatoms. The molecule has 1 aliphatic heterocycles. The minimum Gasteiger partial charge on any atom is -0.467 e. The van der Waals surface area contributed by atoms with Crippen LogP contribution < -0.4 is 4.74 Å². The molecule has 7 nitrogen and oxygen atoms in total. The van der Waals surface area contributed by atoms with Gasteiger partial charge in [0.2, 0.25) is 0 Å². The molecule has 2 aliphatic rings. The maximum Gasteiger partial charge on any atom is 0.273 e. The zero-order valence-electron chi connectivity index (χ0n) is 13.4. The normalized spacial score (nSPS) is 25.5. The molecule has 25 heavy (non-hydrogen) atoms. The predicted molar refractivity (Wildman–Crippen MR) is 84.4 cm³/mol. The highest BCUT2D eigenvalue weighted by Gasteiger charge is 2.46. The van der Waals surface area contributed by atoms with Gasteiger partial charge in [-0.3, -0.25) is 4.79 Å². The molecule has 3 atom stereocenters. The number of nitrogens with zero attached hydrogens (tertiary/aromatic N) is 4. The Kier molecular flexibility index (Phi) is 4.27. The highest BCUT2D eigenvalue weighted by molar-refractivity contribution is 5.92. The van der Waals surface area contributed by atoms with Gasteiger partial charge in [-0.05, 0) is 31.0 Å². The van der Waals surface area contributed by atoms with Gasteiger partial charge in [0.1, 0.15) is 18.1 Å². The summed E-state index contributed by atoms with van der Waals surface area (Å²) < 4.78 is 25.6. The van der Waals surface area contributed by atoms with E-state index in [2.05, 4.69) is 15.0 Å². The fourth-order valence-electron chi connectivity index (χ4n) is 3.45. The van der Waals surface area contributed by atoms with Crippen molar-refractivity contribution in [3.05, 3.63) is 48.4 Å². The van der Waals surface area contributed by atoms with Crippen LogP contribution in [0, 0.1) is 5.82 Å². The molecular formula is C17H17FN4O3. The third kappa shape index (κ3) is 3.05. The Bertz CT molecular complexity index is 761. The van der Waals surface area contributed by atoms with Crippen molar-refractivity contribution in [3.8, 4) is 5.88 Å². The topological polar surface area (TPSA) is 77.4 Å². The SMILES string of the molecule is O=C(c1ccncn1)N1CCOC2CCC1C2Oc1ncccc1F. The van der Waals surface area contributed by atoms with E-state index in [4.69, 9.17) is 9.47 Å². The fraction of sp³-hybridized carbons (Fsp3) is 0.412. The summed E-state index contributed by atoms with van der Waals surface area (Å²) in [7, 11) is 0. The minimum atomic E-state index is -0.528. The van der Waals surface area contributed by atoms with Gasteiger partial charge in [0, 0.05) is 18.9 Å². The van der Waals surface area contributed by atoms with E-state index in [-0.39, 0.29) is 23.9 Å². The molecule has 0 spiro atoms. The van der Waals surface area contributed by atoms with Gasteiger partial charge >= 0.3 is 0 Å². The summed E-state index contributed by atoms with van der Waals surface area (Å²) in [5, 5.41) is 0. The van der Waals surface area contributed by atoms with E-state index in [0.29, 0.717) is 18.8 Å². The first-order valence-electron chi connectivity index (χ1n) is 8.20. The van der Waals surface area contributed by atoms with Crippen molar-refractivity contribution in [1.82, 2.24) is 19.9 Å². The van der Waals surface area contributed by atoms with E-state index in [0.717, 1.165) is 12.8 Å². The number of hydrogen-bond donors (Lipinski definition) is 0. The number of fused-ring (bicyclic) bond motifs is 2. The van der Waals surface area contributed by atoms with Crippen LogP contribution in [0.1, 0.15) is 23.3 Å². The quantitative estimate of drug-likeness (QED) is 0.839. The highest BCUT2D eigenvalue weighted by Crippen LogP contribution is 2.33. The number of aromatic nitrogens is 3. The first-order valence-corrected chi connectivity index (χ1v) is 8.20. The van der Waals surface area contributed by atoms with Crippen LogP contribution in [0.4, 0.5) is 4.39 Å². The van der Waals surface area contributed by atoms with Gasteiger partial charge in [-0.25, -0.2) is 19.3 Å². The van der Waals surface area contributed by atoms with Crippen molar-refractivity contribution in [2.45, 2.75) is 31.1 Å². The third-order valence-corrected chi connectivity index (χ3v) is 4.59. The van der Waals surface area contributed by atoms with Gasteiger partial charge in [-0.1, -0.05) is 0 Å². The summed E-state index contributed by atoms with van der Waals surface area (Å²) in [6, 6.07) is 4.17. The second-order valence-corrected chi connectivity index (χ2v) is 6.02. The number of pyridine rings is 1. The zero-order chi connectivity index (χ0) is 17.2. The molecule has 2 fully saturated rings. The lowest BCUT2D eigenvalue weighted by Crippen LogP contribution is -2.48. The molecule has 1 saturated carbocycles. The van der Waals surface area contributed by atoms with Gasteiger partial charge in [-0.2, -0.15) is 0 Å². The van der Waals surface area contributed by atoms with Crippen LogP contribution in [0.5, 0.6) is 5.88 Å². The van der Waals surface area contributed by atoms with E-state index in [9.17, 15) is 9.18 Å². The summed E-state index contributed by atoms with van der Waals surface area (Å²) in [6.07, 6.45) is 5.17. The maximum atomic E-state index is 13.9. The lowest BCUT2D eigenvalue weighted by molar-refractivity contribution is 0.000302. The molecule has 2 aromatic rings. The van der Waals surface area contributed by atoms with Crippen molar-refractivity contribution in [2.75, 3.05) is 13.2 Å². The van der Waals surface area contributed by atoms with Crippen molar-refractivity contribution in [1.29, 1.82) is 0 Å². The third-order valence-electron chi connectivity index (χ3n) is 4.59. The number of carbonyl (C=O) groups excluding carboxylic acids is 1. The lowest BCUT2D eigenvalue weighted by Gasteiger charge is -2.31. The first-order chi connectivity index (χ1) is 12.2. The van der Waals surface area contributed by atoms with Gasteiger partial charge in [0.05, 0.1) is 18.8 Å². The van der Waals surface area contributed by atoms with E-state index in [1.54, 1.807) is 11.0 Å². The van der Waals surface area contributed by atoms with Crippen molar-refractivity contribution >= 4 is 5.91 Å². The summed E-state index contributed by atoms with van der Waals surface area (Å²) in [4.78, 5) is 26.4. The Morgan fingerprint density at radius 2 is 2.20 bits per heavy atom. The van der Waals surface area contributed by atoms with Gasteiger partial charge < -0.3 is 14.4 Å². The molecule has 2 aromatic heterocycles. The number of hydrogen-bond acceptors (Lipinski definition) is 6. The molecule has 3 unspecified atom stereocenters. The van der Waals surface area contributed by atoms with Crippen LogP contribution >= 0.6 is 0 Å². The Labute approximate surface area is 143 Å². The van der Waals surface area contributed by atoms with Gasteiger partial charge in [0.25, 0.3) is 11.8 Å². The van der Waals surface area contributed by atoms with E-state index < -0.39 is 11.9 Å². The van der Waals surface area contributed by atoms with Crippen molar-refractivity contribution in [3.63, 3.8) is 0 Å². The molecule has 1 saturated heterocycles. The van der Waals surface area contributed by atoms with Crippen molar-refractivity contribution < 1.29 is 18.7 Å². The number of amides is 1. The maximum absolute atomic E-state index is 13.9. The molecule has 2 bridgehead atoms. The number of carbonyl (C=O) groups is 1. The summed E-state index contributed by atoms with van der Waals surface area (Å²) in [5.41, 5.74) is 0.322. The van der Waals surface area contributed by atoms with Crippen LogP contribution in [0.25, 0.3) is 0 Å². The average Bonchev–Trinajstić information content (AvgIpc) is 2.92. The standard InChI is InChI=1S/C17H17FN4O3/c18-11-2-1-6-20-16(11)25-15-13-3-4-14(15)24-9-8-22(13)17(23)12-5-7-19-10-21-12/h1-2,5-7,10,13-15H,3-4,8-9H2. The van der Waals surface area contributed by atoms with E-state index in [1.165, 1.54) is 30.9 Å². The Morgan fingerprint density at radius 3 is 3.00 bits per heavy atom. The number of rotatable bonds is 3. The van der Waals surface area contributed by atoms with Crippen molar-refractivity contribution in [2.24, 2.45) is 0 Å². The molecule has 0 radical (unpaired) electrons. The molecule has 4 rings (SSSR count). The second kappa shape index (κ2) is 6.72. The van der Waals surface area contributed by atoms with Gasteiger partial charge in [-0.15, -0.1) is 0 Å². The fourth-order valence-corrected chi connectivity index (χ4v) is 3.45. The summed E-state index contributed by atoms with van der Waals surface area (Å²) in [6.45, 7) is 0.844. The average molecular weight is 344 g/mol. The predicted octanol–water partition coefficient (Wildman–Crippen LogP) is 1.46. The molecule has 3 heterocycles. The Morgan fingerprint density at radius 1 is 1.28 bits per heavy atom. The van der Waals surface area contributed by atoms with E-state index >= 15 is 0 Å². The molecule has 0 N–H and O–H groups in total. The van der Waals surface area contributed by atoms with E-state index in [1.807, 2.05) is 0 Å². The molecule has 130 valence electrons. The monoisotopic (exact) mass is 344 g/mol. The summed E-state index contributed by atoms with van der Waals surface area (Å²) in [5.74, 6) is -0.794. The zero-order valence-corrected chi connectivity index (χ0v) is 13.4. The first kappa shape index (κ1) is 15.9. The van der Waals surface area contributed by atoms with Crippen LogP contribution in [0.2, 0.25) is 0 Å². The van der Waals surface area contributed by atoms with Gasteiger partial charge in [0.15, 0.2) is 5.82 Å². The van der Waals surface area contributed by atoms with Crippen LogP contribution in [-0.2, 0) is 4.74 Å². The highest BCUT2D eigenvalue weighted by atomic mass is 19.1. The summed E-state index contributed by atoms with van der Waals surface area (Å²) >= 11 is 0. The largest absolute Gasteiger partial charge is 0.467 e. The lowest BCUT2D eigenvalue weighted by atomic mass is 10.1. The molecule has 0 aromatic carbocycles. The van der Waals surface area contributed by atoms with Crippen LogP contribution in [0.3, 0.4) is 0 Å².